The zero-order valence-electron chi connectivity index (χ0n) is 15.0. The summed E-state index contributed by atoms with van der Waals surface area (Å²) in [7, 11) is 0. The smallest absolute Gasteiger partial charge is 0.490 e. The number of aliphatic carboxylic acids is 1. The summed E-state index contributed by atoms with van der Waals surface area (Å²) in [4.78, 5) is 20.8. The number of carboxylic acids is 1. The molecule has 0 aromatic rings. The standard InChI is InChI=1S/C17H16N4O.C2HF3O2/c18-15-17-16-20-10-5-3-7-14-22-13-6-2-1-4-9-19-11-8-12-21-17;3-2(4,5)1(6)7/h1-13,16H,14H2;(H,6,7). The molecule has 1 aliphatic heterocycles. The summed E-state index contributed by atoms with van der Waals surface area (Å²) >= 11 is 0. The Morgan fingerprint density at radius 3 is 2.38 bits per heavy atom. The van der Waals surface area contributed by atoms with Crippen LogP contribution in [0.1, 0.15) is 0 Å². The third kappa shape index (κ3) is 17.2. The molecular weight excluding hydrogens is 389 g/mol. The van der Waals surface area contributed by atoms with Crippen molar-refractivity contribution in [1.29, 1.82) is 5.26 Å². The first-order chi connectivity index (χ1) is 13.9. The van der Waals surface area contributed by atoms with Crippen LogP contribution in [0.25, 0.3) is 0 Å². The van der Waals surface area contributed by atoms with Crippen LogP contribution in [-0.2, 0) is 9.53 Å². The Balaban J connectivity index is 0.000000956. The molecule has 0 radical (unpaired) electrons. The van der Waals surface area contributed by atoms with E-state index in [1.165, 1.54) is 12.4 Å². The highest BCUT2D eigenvalue weighted by Crippen LogP contribution is 2.13. The predicted molar refractivity (Wildman–Crippen MR) is 105 cm³/mol. The minimum Gasteiger partial charge on any atom is -0.497 e. The van der Waals surface area contributed by atoms with Gasteiger partial charge >= 0.3 is 12.1 Å². The summed E-state index contributed by atoms with van der Waals surface area (Å²) < 4.78 is 37.0. The van der Waals surface area contributed by atoms with Crippen LogP contribution in [0.3, 0.4) is 0 Å². The number of nitrogens with zero attached hydrogens (tertiary/aromatic N) is 4. The zero-order valence-corrected chi connectivity index (χ0v) is 15.0. The molecule has 0 atom stereocenters. The van der Waals surface area contributed by atoms with E-state index in [0.29, 0.717) is 6.61 Å². The Labute approximate surface area is 165 Å². The van der Waals surface area contributed by atoms with Gasteiger partial charge in [0.15, 0.2) is 5.71 Å². The van der Waals surface area contributed by atoms with Crippen LogP contribution in [0, 0.1) is 11.3 Å². The zero-order chi connectivity index (χ0) is 21.8. The SMILES string of the molecule is N#CC1=NC=CC=NC=CC=CC=COCC=CC=CN=C1.O=C(O)C(F)(F)F. The minimum atomic E-state index is -5.08. The molecule has 0 aliphatic carbocycles. The van der Waals surface area contributed by atoms with E-state index in [0.717, 1.165) is 0 Å². The number of halogens is 3. The quantitative estimate of drug-likeness (QED) is 0.658. The molecule has 1 aliphatic rings. The second kappa shape index (κ2) is 16.2. The van der Waals surface area contributed by atoms with Crippen LogP contribution in [0.5, 0.6) is 0 Å². The van der Waals surface area contributed by atoms with Crippen molar-refractivity contribution < 1.29 is 27.8 Å². The van der Waals surface area contributed by atoms with Crippen molar-refractivity contribution in [2.24, 2.45) is 15.0 Å². The lowest BCUT2D eigenvalue weighted by atomic mass is 10.4. The van der Waals surface area contributed by atoms with Gasteiger partial charge in [-0.25, -0.2) is 9.79 Å². The van der Waals surface area contributed by atoms with Crippen LogP contribution < -0.4 is 0 Å². The number of hydrogen-bond donors (Lipinski definition) is 1. The number of carbonyl (C=O) groups is 1. The molecule has 0 aromatic carbocycles. The van der Waals surface area contributed by atoms with Gasteiger partial charge in [-0.05, 0) is 30.4 Å². The first-order valence-corrected chi connectivity index (χ1v) is 7.79. The molecule has 152 valence electrons. The largest absolute Gasteiger partial charge is 0.497 e. The number of aliphatic imine (C=N–C) groups is 3. The van der Waals surface area contributed by atoms with Gasteiger partial charge in [0, 0.05) is 24.8 Å². The number of nitriles is 1. The van der Waals surface area contributed by atoms with Crippen molar-refractivity contribution in [3.05, 3.63) is 73.5 Å². The van der Waals surface area contributed by atoms with Gasteiger partial charge in [0.25, 0.3) is 0 Å². The fourth-order valence-electron chi connectivity index (χ4n) is 1.14. The molecular formula is C19H17F3N4O3. The lowest BCUT2D eigenvalue weighted by Crippen LogP contribution is -2.21. The summed E-state index contributed by atoms with van der Waals surface area (Å²) in [6.45, 7) is 0.466. The van der Waals surface area contributed by atoms with E-state index in [2.05, 4.69) is 15.0 Å². The molecule has 10 heteroatoms. The number of carboxylic acid groups (broad SMARTS) is 1. The summed E-state index contributed by atoms with van der Waals surface area (Å²) in [6, 6.07) is 1.94. The lowest BCUT2D eigenvalue weighted by molar-refractivity contribution is -0.192. The molecule has 1 N–H and O–H groups in total. The molecule has 7 nitrogen and oxygen atoms in total. The Hall–Kier alpha value is -4.00. The van der Waals surface area contributed by atoms with Gasteiger partial charge in [0.2, 0.25) is 0 Å². The van der Waals surface area contributed by atoms with Gasteiger partial charge in [-0.1, -0.05) is 18.2 Å². The maximum Gasteiger partial charge on any atom is 0.490 e. The van der Waals surface area contributed by atoms with E-state index < -0.39 is 12.1 Å². The van der Waals surface area contributed by atoms with Crippen LogP contribution in [-0.4, -0.2) is 42.0 Å². The summed E-state index contributed by atoms with van der Waals surface area (Å²) in [6.07, 6.45) is 18.4. The highest BCUT2D eigenvalue weighted by atomic mass is 19.4. The normalized spacial score (nSPS) is 14.9. The molecule has 1 heterocycles. The van der Waals surface area contributed by atoms with Crippen LogP contribution in [0.15, 0.2) is 88.4 Å². The molecule has 0 aromatic heterocycles. The number of allylic oxidation sites excluding steroid dienone is 7. The molecule has 0 fully saturated rings. The summed E-state index contributed by atoms with van der Waals surface area (Å²) in [5.41, 5.74) is 0.208. The monoisotopic (exact) mass is 406 g/mol. The third-order valence-electron chi connectivity index (χ3n) is 2.32. The first-order valence-electron chi connectivity index (χ1n) is 7.79. The van der Waals surface area contributed by atoms with Gasteiger partial charge in [-0.2, -0.15) is 18.4 Å². The molecule has 1 rings (SSSR count). The summed E-state index contributed by atoms with van der Waals surface area (Å²) in [5, 5.41) is 16.0. The molecule has 0 unspecified atom stereocenters. The van der Waals surface area contributed by atoms with E-state index in [4.69, 9.17) is 19.9 Å². The number of hydrogen-bond acceptors (Lipinski definition) is 6. The van der Waals surface area contributed by atoms with Gasteiger partial charge in [0.1, 0.15) is 12.7 Å². The van der Waals surface area contributed by atoms with Gasteiger partial charge in [-0.15, -0.1) is 0 Å². The average molecular weight is 406 g/mol. The topological polar surface area (TPSA) is 107 Å². The molecule has 0 saturated carbocycles. The predicted octanol–water partition coefficient (Wildman–Crippen LogP) is 3.92. The van der Waals surface area contributed by atoms with Crippen LogP contribution in [0.4, 0.5) is 13.2 Å². The molecule has 29 heavy (non-hydrogen) atoms. The van der Waals surface area contributed by atoms with Crippen molar-refractivity contribution in [2.45, 2.75) is 6.18 Å². The molecule has 0 bridgehead atoms. The molecule has 0 amide bonds. The van der Waals surface area contributed by atoms with Crippen molar-refractivity contribution in [1.82, 2.24) is 0 Å². The second-order valence-electron chi connectivity index (χ2n) is 4.50. The maximum atomic E-state index is 10.6. The fraction of sp³-hybridized carbons (Fsp3) is 0.105. The number of alkyl halides is 3. The highest BCUT2D eigenvalue weighted by molar-refractivity contribution is 6.38. The fourth-order valence-corrected chi connectivity index (χ4v) is 1.14. The van der Waals surface area contributed by atoms with Gasteiger partial charge in [-0.3, -0.25) is 9.98 Å². The number of ether oxygens (including phenoxy) is 1. The third-order valence-corrected chi connectivity index (χ3v) is 2.32. The van der Waals surface area contributed by atoms with Crippen LogP contribution in [0.2, 0.25) is 0 Å². The Morgan fingerprint density at radius 1 is 1.03 bits per heavy atom. The molecule has 0 saturated heterocycles. The Bertz CT molecular complexity index is 810. The van der Waals surface area contributed by atoms with Crippen molar-refractivity contribution >= 4 is 24.1 Å². The van der Waals surface area contributed by atoms with E-state index in [1.807, 2.05) is 30.4 Å². The van der Waals surface area contributed by atoms with E-state index in [1.54, 1.807) is 49.2 Å². The lowest BCUT2D eigenvalue weighted by Gasteiger charge is -1.93. The Morgan fingerprint density at radius 2 is 1.69 bits per heavy atom. The van der Waals surface area contributed by atoms with E-state index in [9.17, 15) is 13.2 Å². The Kier molecular flexibility index (Phi) is 14.0. The summed E-state index contributed by atoms with van der Waals surface area (Å²) in [5.74, 6) is -2.76. The average Bonchev–Trinajstić information content (AvgIpc) is 2.67. The van der Waals surface area contributed by atoms with E-state index in [-0.39, 0.29) is 5.71 Å². The van der Waals surface area contributed by atoms with Gasteiger partial charge in [0.05, 0.1) is 12.5 Å². The highest BCUT2D eigenvalue weighted by Gasteiger charge is 2.38. The minimum absolute atomic E-state index is 0.208. The van der Waals surface area contributed by atoms with Crippen LogP contribution >= 0.6 is 0 Å². The molecule has 0 spiro atoms. The van der Waals surface area contributed by atoms with Crippen molar-refractivity contribution in [2.75, 3.05) is 6.61 Å². The second-order valence-corrected chi connectivity index (χ2v) is 4.50. The van der Waals surface area contributed by atoms with Gasteiger partial charge < -0.3 is 9.84 Å². The first kappa shape index (κ1) is 25.0. The maximum absolute atomic E-state index is 10.6. The van der Waals surface area contributed by atoms with E-state index >= 15 is 0 Å². The number of rotatable bonds is 0. The van der Waals surface area contributed by atoms with Crippen molar-refractivity contribution in [3.8, 4) is 6.07 Å². The van der Waals surface area contributed by atoms with Crippen molar-refractivity contribution in [3.63, 3.8) is 0 Å².